The van der Waals surface area contributed by atoms with Gasteiger partial charge in [0.25, 0.3) is 0 Å². The number of urea groups is 1. The van der Waals surface area contributed by atoms with E-state index in [1.54, 1.807) is 23.2 Å². The third-order valence-corrected chi connectivity index (χ3v) is 5.23. The van der Waals surface area contributed by atoms with Crippen LogP contribution in [-0.2, 0) is 0 Å². The van der Waals surface area contributed by atoms with Crippen LogP contribution in [0.25, 0.3) is 0 Å². The monoisotopic (exact) mass is 367 g/mol. The lowest BCUT2D eigenvalue weighted by molar-refractivity contribution is 0.191. The molecule has 1 aromatic heterocycles. The van der Waals surface area contributed by atoms with E-state index in [9.17, 15) is 4.79 Å². The Balaban J connectivity index is 1.72. The van der Waals surface area contributed by atoms with Gasteiger partial charge in [0.1, 0.15) is 5.69 Å². The van der Waals surface area contributed by atoms with E-state index in [4.69, 9.17) is 10.7 Å². The van der Waals surface area contributed by atoms with Crippen molar-refractivity contribution in [1.82, 2.24) is 15.0 Å². The van der Waals surface area contributed by atoms with Crippen LogP contribution in [0.3, 0.4) is 0 Å². The Morgan fingerprint density at radius 2 is 1.93 bits per heavy atom. The first-order chi connectivity index (χ1) is 13.1. The van der Waals surface area contributed by atoms with Gasteiger partial charge in [0.05, 0.1) is 12.2 Å². The molecule has 8 nitrogen and oxygen atoms in total. The third kappa shape index (κ3) is 3.11. The van der Waals surface area contributed by atoms with E-state index in [0.29, 0.717) is 24.2 Å². The van der Waals surface area contributed by atoms with Crippen molar-refractivity contribution in [2.75, 3.05) is 34.6 Å². The lowest BCUT2D eigenvalue weighted by atomic mass is 10.2. The number of aromatic nitrogens is 2. The molecule has 2 amide bonds. The van der Waals surface area contributed by atoms with Crippen molar-refractivity contribution in [2.24, 2.45) is 0 Å². The van der Waals surface area contributed by atoms with Gasteiger partial charge in [0, 0.05) is 25.0 Å². The molecule has 2 aromatic rings. The maximum absolute atomic E-state index is 12.8. The van der Waals surface area contributed by atoms with Crippen LogP contribution in [0, 0.1) is 0 Å². The fraction of sp³-hybridized carbons (Fsp3) is 0.421. The van der Waals surface area contributed by atoms with Crippen LogP contribution in [0.5, 0.6) is 0 Å². The minimum atomic E-state index is -0.0419. The largest absolute Gasteiger partial charge is 0.399 e. The highest BCUT2D eigenvalue weighted by Crippen LogP contribution is 2.38. The van der Waals surface area contributed by atoms with E-state index in [0.717, 1.165) is 30.0 Å². The predicted octanol–water partition coefficient (Wildman–Crippen LogP) is 3.36. The molecule has 3 N–H and O–H groups in total. The minimum absolute atomic E-state index is 0.0419. The van der Waals surface area contributed by atoms with Gasteiger partial charge in [-0.2, -0.15) is 4.98 Å². The molecule has 1 saturated carbocycles. The number of rotatable bonds is 4. The van der Waals surface area contributed by atoms with E-state index in [2.05, 4.69) is 15.3 Å². The molecule has 0 saturated heterocycles. The molecule has 8 heteroatoms. The maximum Gasteiger partial charge on any atom is 0.343 e. The summed E-state index contributed by atoms with van der Waals surface area (Å²) in [6.07, 6.45) is 6.21. The van der Waals surface area contributed by atoms with Crippen molar-refractivity contribution in [2.45, 2.75) is 38.6 Å². The fourth-order valence-electron chi connectivity index (χ4n) is 3.82. The highest BCUT2D eigenvalue weighted by Gasteiger charge is 2.39. The Kier molecular flexibility index (Phi) is 4.47. The normalized spacial score (nSPS) is 17.4. The van der Waals surface area contributed by atoms with Crippen molar-refractivity contribution >= 4 is 34.9 Å². The first kappa shape index (κ1) is 17.4. The Morgan fingerprint density at radius 1 is 1.22 bits per heavy atom. The topological polar surface area (TPSA) is 90.6 Å². The predicted molar refractivity (Wildman–Crippen MR) is 107 cm³/mol. The summed E-state index contributed by atoms with van der Waals surface area (Å²) in [5, 5.41) is 7.10. The Morgan fingerprint density at radius 3 is 2.59 bits per heavy atom. The number of nitrogen functional groups attached to an aromatic ring is 1. The molecule has 27 heavy (non-hydrogen) atoms. The van der Waals surface area contributed by atoms with Gasteiger partial charge in [-0.05, 0) is 44.0 Å². The second-order valence-electron chi connectivity index (χ2n) is 6.99. The number of hydrogen-bond acceptors (Lipinski definition) is 6. The molecule has 1 aromatic carbocycles. The molecule has 1 fully saturated rings. The highest BCUT2D eigenvalue weighted by molar-refractivity contribution is 5.98. The summed E-state index contributed by atoms with van der Waals surface area (Å²) in [6.45, 7) is 2.59. The SMILES string of the molecule is CCN1C(=O)N(C)c2cnc(Nc3ccc(N)cc3)nc2N1C1CCCC1. The van der Waals surface area contributed by atoms with Crippen LogP contribution in [0.2, 0.25) is 0 Å². The van der Waals surface area contributed by atoms with Gasteiger partial charge < -0.3 is 11.1 Å². The molecule has 0 spiro atoms. The zero-order valence-corrected chi connectivity index (χ0v) is 15.7. The van der Waals surface area contributed by atoms with Gasteiger partial charge in [-0.3, -0.25) is 9.91 Å². The Labute approximate surface area is 159 Å². The van der Waals surface area contributed by atoms with Crippen LogP contribution in [0.1, 0.15) is 32.6 Å². The summed E-state index contributed by atoms with van der Waals surface area (Å²) in [4.78, 5) is 23.6. The summed E-state index contributed by atoms with van der Waals surface area (Å²) >= 11 is 0. The number of carbonyl (C=O) groups is 1. The van der Waals surface area contributed by atoms with Gasteiger partial charge in [-0.15, -0.1) is 0 Å². The molecule has 0 unspecified atom stereocenters. The molecular weight excluding hydrogens is 342 g/mol. The molecular formula is C19H25N7O. The van der Waals surface area contributed by atoms with E-state index >= 15 is 0 Å². The number of hydrazine groups is 1. The van der Waals surface area contributed by atoms with Crippen LogP contribution in [0.4, 0.5) is 33.6 Å². The highest BCUT2D eigenvalue weighted by atomic mass is 16.2. The number of hydrogen-bond donors (Lipinski definition) is 2. The number of amides is 2. The number of nitrogens with zero attached hydrogens (tertiary/aromatic N) is 5. The Bertz CT molecular complexity index is 832. The summed E-state index contributed by atoms with van der Waals surface area (Å²) in [5.74, 6) is 1.28. The standard InChI is InChI=1S/C19H25N7O/c1-3-25-19(27)24(2)16-12-21-18(22-14-10-8-13(20)9-11-14)23-17(16)26(25)15-6-4-5-7-15/h8-12,15H,3-7,20H2,1-2H3,(H,21,22,23). The third-order valence-electron chi connectivity index (χ3n) is 5.23. The number of fused-ring (bicyclic) bond motifs is 1. The van der Waals surface area contributed by atoms with Gasteiger partial charge >= 0.3 is 6.03 Å². The second kappa shape index (κ2) is 6.94. The fourth-order valence-corrected chi connectivity index (χ4v) is 3.82. The molecule has 0 atom stereocenters. The van der Waals surface area contributed by atoms with Crippen molar-refractivity contribution in [3.8, 4) is 0 Å². The molecule has 2 heterocycles. The molecule has 1 aliphatic carbocycles. The van der Waals surface area contributed by atoms with Crippen LogP contribution >= 0.6 is 0 Å². The zero-order chi connectivity index (χ0) is 19.0. The number of nitrogens with one attached hydrogen (secondary N) is 1. The molecule has 142 valence electrons. The maximum atomic E-state index is 12.8. The average molecular weight is 367 g/mol. The van der Waals surface area contributed by atoms with Crippen LogP contribution in [-0.4, -0.2) is 40.6 Å². The number of carbonyl (C=O) groups excluding carboxylic acids is 1. The van der Waals surface area contributed by atoms with E-state index in [1.165, 1.54) is 12.8 Å². The lowest BCUT2D eigenvalue weighted by Crippen LogP contribution is -2.59. The number of nitrogens with two attached hydrogens (primary N) is 1. The smallest absolute Gasteiger partial charge is 0.343 e. The van der Waals surface area contributed by atoms with E-state index < -0.39 is 0 Å². The summed E-state index contributed by atoms with van der Waals surface area (Å²) in [7, 11) is 1.77. The van der Waals surface area contributed by atoms with Crippen molar-refractivity contribution < 1.29 is 4.79 Å². The molecule has 0 bridgehead atoms. The van der Waals surface area contributed by atoms with Crippen LogP contribution in [0.15, 0.2) is 30.5 Å². The van der Waals surface area contributed by atoms with Crippen LogP contribution < -0.4 is 21.0 Å². The number of benzene rings is 1. The van der Waals surface area contributed by atoms with Gasteiger partial charge in [0.2, 0.25) is 5.95 Å². The second-order valence-corrected chi connectivity index (χ2v) is 6.99. The van der Waals surface area contributed by atoms with Gasteiger partial charge in [0.15, 0.2) is 5.82 Å². The molecule has 1 aliphatic heterocycles. The first-order valence-corrected chi connectivity index (χ1v) is 9.42. The van der Waals surface area contributed by atoms with Crippen molar-refractivity contribution in [1.29, 1.82) is 0 Å². The van der Waals surface area contributed by atoms with Gasteiger partial charge in [-0.25, -0.2) is 14.8 Å². The van der Waals surface area contributed by atoms with Crippen molar-refractivity contribution in [3.05, 3.63) is 30.5 Å². The Hall–Kier alpha value is -3.03. The van der Waals surface area contributed by atoms with E-state index in [-0.39, 0.29) is 6.03 Å². The summed E-state index contributed by atoms with van der Waals surface area (Å²) < 4.78 is 0. The number of anilines is 5. The lowest BCUT2D eigenvalue weighted by Gasteiger charge is -2.45. The molecule has 2 aliphatic rings. The molecule has 0 radical (unpaired) electrons. The van der Waals surface area contributed by atoms with Gasteiger partial charge in [-0.1, -0.05) is 12.8 Å². The first-order valence-electron chi connectivity index (χ1n) is 9.42. The quantitative estimate of drug-likeness (QED) is 0.805. The molecule has 4 rings (SSSR count). The van der Waals surface area contributed by atoms with Crippen molar-refractivity contribution in [3.63, 3.8) is 0 Å². The summed E-state index contributed by atoms with van der Waals surface area (Å²) in [5.41, 5.74) is 8.06. The average Bonchev–Trinajstić information content (AvgIpc) is 3.20. The van der Waals surface area contributed by atoms with E-state index in [1.807, 2.05) is 31.2 Å². The summed E-state index contributed by atoms with van der Waals surface area (Å²) in [6, 6.07) is 7.69. The zero-order valence-electron chi connectivity index (χ0n) is 15.7. The minimum Gasteiger partial charge on any atom is -0.399 e.